The van der Waals surface area contributed by atoms with Gasteiger partial charge in [-0.1, -0.05) is 27.7 Å². The molecule has 4 aliphatic rings. The van der Waals surface area contributed by atoms with Gasteiger partial charge >= 0.3 is 17.9 Å². The van der Waals surface area contributed by atoms with E-state index in [0.29, 0.717) is 12.2 Å². The first kappa shape index (κ1) is 34.2. The number of methoxy groups -OCH3 is 1. The van der Waals surface area contributed by atoms with Gasteiger partial charge in [0.2, 0.25) is 11.8 Å². The maximum absolute atomic E-state index is 16.1. The van der Waals surface area contributed by atoms with Crippen LogP contribution in [0.5, 0.6) is 11.6 Å². The molecule has 6 rings (SSSR count). The minimum absolute atomic E-state index is 0.0665. The van der Waals surface area contributed by atoms with Crippen LogP contribution in [0, 0.1) is 29.1 Å². The second-order valence-corrected chi connectivity index (χ2v) is 14.9. The van der Waals surface area contributed by atoms with Gasteiger partial charge in [-0.05, 0) is 67.9 Å². The lowest BCUT2D eigenvalue weighted by Gasteiger charge is -2.35. The van der Waals surface area contributed by atoms with Crippen molar-refractivity contribution in [2.75, 3.05) is 13.7 Å². The molecule has 262 valence electrons. The summed E-state index contributed by atoms with van der Waals surface area (Å²) in [6.45, 7) is 7.93. The Bertz CT molecular complexity index is 1620. The highest BCUT2D eigenvalue weighted by Gasteiger charge is 2.61. The molecule has 10 nitrogen and oxygen atoms in total. The molecular formula is C34H42F4N4O6. The summed E-state index contributed by atoms with van der Waals surface area (Å²) < 4.78 is 80.6. The van der Waals surface area contributed by atoms with Crippen LogP contribution in [0.25, 0.3) is 11.0 Å². The molecule has 2 aromatic rings. The first-order valence-electron chi connectivity index (χ1n) is 16.5. The van der Waals surface area contributed by atoms with E-state index < -0.39 is 83.2 Å². The standard InChI is InChI=1S/C34H42F4N4O6/c1-16-25-15-42(26(16)17(2)43)30(44)28(32(3,4)5)41-31(45)48-24-13-18-12-21(18)20(24)8-7-11-33(35,36)34(37,38)27-29(47-25)40-23-14-19(46-6)9-10-22(23)39-27/h9-10,14,16,18,20-21,24-26,28H,7-8,11-13,15H2,1-6H3,(H,41,45)/t16-,18?,20-,21+,24-,25+,26+,28-/m1/s1. The fourth-order valence-corrected chi connectivity index (χ4v) is 7.84. The number of halogens is 4. The summed E-state index contributed by atoms with van der Waals surface area (Å²) in [4.78, 5) is 49.9. The third kappa shape index (κ3) is 6.04. The molecule has 0 spiro atoms. The number of rotatable bonds is 2. The number of nitrogens with zero attached hydrogens (tertiary/aromatic N) is 3. The number of hydrogen-bond donors (Lipinski definition) is 1. The summed E-state index contributed by atoms with van der Waals surface area (Å²) in [7, 11) is 1.40. The molecule has 3 heterocycles. The zero-order valence-corrected chi connectivity index (χ0v) is 27.9. The number of carbonyl (C=O) groups excluding carboxylic acids is 3. The van der Waals surface area contributed by atoms with E-state index >= 15 is 17.6 Å². The molecule has 2 aliphatic heterocycles. The Morgan fingerprint density at radius 1 is 1.04 bits per heavy atom. The molecule has 2 saturated carbocycles. The number of carbonyl (C=O) groups is 3. The quantitative estimate of drug-likeness (QED) is 0.390. The van der Waals surface area contributed by atoms with Gasteiger partial charge in [0.1, 0.15) is 24.0 Å². The fourth-order valence-electron chi connectivity index (χ4n) is 7.84. The van der Waals surface area contributed by atoms with Crippen molar-refractivity contribution in [3.63, 3.8) is 0 Å². The van der Waals surface area contributed by atoms with Crippen LogP contribution in [-0.2, 0) is 20.2 Å². The average molecular weight is 679 g/mol. The third-order valence-corrected chi connectivity index (χ3v) is 10.6. The van der Waals surface area contributed by atoms with Gasteiger partial charge in [0.15, 0.2) is 11.5 Å². The summed E-state index contributed by atoms with van der Waals surface area (Å²) in [6.07, 6.45) is -2.36. The minimum atomic E-state index is -4.79. The Balaban J connectivity index is 1.45. The molecule has 1 N–H and O–H groups in total. The normalized spacial score (nSPS) is 33.2. The van der Waals surface area contributed by atoms with Crippen molar-refractivity contribution in [3.05, 3.63) is 23.9 Å². The molecule has 1 saturated heterocycles. The molecule has 2 bridgehead atoms. The largest absolute Gasteiger partial charge is 0.497 e. The van der Waals surface area contributed by atoms with Crippen LogP contribution in [0.3, 0.4) is 0 Å². The van der Waals surface area contributed by atoms with Crippen molar-refractivity contribution in [2.45, 2.75) is 103 Å². The Kier molecular flexibility index (Phi) is 8.55. The number of benzene rings is 1. The average Bonchev–Trinajstić information content (AvgIpc) is 3.57. The van der Waals surface area contributed by atoms with Gasteiger partial charge in [-0.2, -0.15) is 17.6 Å². The Hall–Kier alpha value is -3.71. The van der Waals surface area contributed by atoms with Crippen molar-refractivity contribution >= 4 is 28.8 Å². The van der Waals surface area contributed by atoms with Gasteiger partial charge in [0.25, 0.3) is 0 Å². The summed E-state index contributed by atoms with van der Waals surface area (Å²) in [5, 5.41) is 2.72. The number of amides is 2. The highest BCUT2D eigenvalue weighted by molar-refractivity contribution is 5.92. The van der Waals surface area contributed by atoms with Crippen molar-refractivity contribution in [3.8, 4) is 11.6 Å². The van der Waals surface area contributed by atoms with Crippen molar-refractivity contribution < 1.29 is 46.2 Å². The summed E-state index contributed by atoms with van der Waals surface area (Å²) >= 11 is 0. The predicted molar refractivity (Wildman–Crippen MR) is 165 cm³/mol. The van der Waals surface area contributed by atoms with E-state index in [4.69, 9.17) is 14.2 Å². The molecular weight excluding hydrogens is 636 g/mol. The number of alkyl carbamates (subject to hydrolysis) is 1. The van der Waals surface area contributed by atoms with Crippen LogP contribution >= 0.6 is 0 Å². The number of fused-ring (bicyclic) bond motifs is 7. The molecule has 8 atom stereocenters. The Labute approximate surface area is 276 Å². The van der Waals surface area contributed by atoms with E-state index in [1.165, 1.54) is 37.1 Å². The second-order valence-electron chi connectivity index (χ2n) is 14.9. The monoisotopic (exact) mass is 678 g/mol. The van der Waals surface area contributed by atoms with Crippen LogP contribution in [0.2, 0.25) is 0 Å². The van der Waals surface area contributed by atoms with Crippen molar-refractivity contribution in [2.24, 2.45) is 29.1 Å². The number of aromatic nitrogens is 2. The molecule has 2 amide bonds. The van der Waals surface area contributed by atoms with Crippen LogP contribution in [0.15, 0.2) is 18.2 Å². The molecule has 14 heteroatoms. The number of hydrogen-bond acceptors (Lipinski definition) is 8. The molecule has 1 unspecified atom stereocenters. The first-order chi connectivity index (χ1) is 22.4. The van der Waals surface area contributed by atoms with Gasteiger partial charge in [0.05, 0.1) is 30.7 Å². The molecule has 1 aromatic heterocycles. The van der Waals surface area contributed by atoms with E-state index in [9.17, 15) is 14.4 Å². The molecule has 3 fully saturated rings. The number of ketones is 1. The highest BCUT2D eigenvalue weighted by Crippen LogP contribution is 2.58. The summed E-state index contributed by atoms with van der Waals surface area (Å²) in [6, 6.07) is 2.05. The van der Waals surface area contributed by atoms with Crippen LogP contribution in [0.4, 0.5) is 22.4 Å². The summed E-state index contributed by atoms with van der Waals surface area (Å²) in [5.74, 6) is -11.4. The Morgan fingerprint density at radius 2 is 1.77 bits per heavy atom. The topological polar surface area (TPSA) is 120 Å². The number of alkyl halides is 4. The molecule has 48 heavy (non-hydrogen) atoms. The lowest BCUT2D eigenvalue weighted by Crippen LogP contribution is -2.57. The maximum atomic E-state index is 16.1. The zero-order valence-electron chi connectivity index (χ0n) is 27.9. The van der Waals surface area contributed by atoms with Gasteiger partial charge in [-0.3, -0.25) is 9.59 Å². The SMILES string of the molecule is COc1ccc2nc3c(nc2c1)O[C@H]1CN(C(=O)[C@H](C(C)(C)C)NC(=O)O[C@@H]2CC4C[C@@H]4[C@H]2CCCC(F)(F)C3(F)F)[C@H](C(C)=O)[C@@H]1C. The van der Waals surface area contributed by atoms with Crippen LogP contribution in [0.1, 0.15) is 72.4 Å². The van der Waals surface area contributed by atoms with Crippen molar-refractivity contribution in [1.82, 2.24) is 20.2 Å². The lowest BCUT2D eigenvalue weighted by molar-refractivity contribution is -0.223. The third-order valence-electron chi connectivity index (χ3n) is 10.6. The fraction of sp³-hybridized carbons (Fsp3) is 0.676. The Morgan fingerprint density at radius 3 is 2.44 bits per heavy atom. The van der Waals surface area contributed by atoms with Crippen LogP contribution < -0.4 is 14.8 Å². The van der Waals surface area contributed by atoms with Gasteiger partial charge in [-0.15, -0.1) is 0 Å². The van der Waals surface area contributed by atoms with E-state index in [-0.39, 0.29) is 48.2 Å². The first-order valence-corrected chi connectivity index (χ1v) is 16.5. The summed E-state index contributed by atoms with van der Waals surface area (Å²) in [5.41, 5.74) is -2.14. The van der Waals surface area contributed by atoms with E-state index in [2.05, 4.69) is 15.3 Å². The molecule has 2 aliphatic carbocycles. The lowest BCUT2D eigenvalue weighted by atomic mass is 9.85. The molecule has 0 radical (unpaired) electrons. The number of Topliss-reactive ketones (excluding diaryl/α,β-unsaturated/α-hetero) is 1. The van der Waals surface area contributed by atoms with Gasteiger partial charge in [0, 0.05) is 18.4 Å². The highest BCUT2D eigenvalue weighted by atomic mass is 19.3. The van der Waals surface area contributed by atoms with Crippen molar-refractivity contribution in [1.29, 1.82) is 0 Å². The zero-order chi connectivity index (χ0) is 34.9. The number of ether oxygens (including phenoxy) is 3. The van der Waals surface area contributed by atoms with Crippen LogP contribution in [-0.4, -0.2) is 76.5 Å². The van der Waals surface area contributed by atoms with Gasteiger partial charge in [-0.25, -0.2) is 14.8 Å². The second kappa shape index (κ2) is 12.0. The minimum Gasteiger partial charge on any atom is -0.497 e. The predicted octanol–water partition coefficient (Wildman–Crippen LogP) is 5.90. The van der Waals surface area contributed by atoms with E-state index in [1.807, 2.05) is 0 Å². The van der Waals surface area contributed by atoms with E-state index in [1.54, 1.807) is 27.7 Å². The maximum Gasteiger partial charge on any atom is 0.408 e. The molecule has 1 aromatic carbocycles. The van der Waals surface area contributed by atoms with Gasteiger partial charge < -0.3 is 24.4 Å². The number of nitrogens with one attached hydrogen (secondary N) is 1. The smallest absolute Gasteiger partial charge is 0.408 e. The van der Waals surface area contributed by atoms with E-state index in [0.717, 1.165) is 6.42 Å².